The molecule has 0 saturated heterocycles. The molecule has 0 N–H and O–H groups in total. The Morgan fingerprint density at radius 2 is 2.10 bits per heavy atom. The summed E-state index contributed by atoms with van der Waals surface area (Å²) in [6, 6.07) is -0.188. The molecule has 0 saturated carbocycles. The molecule has 10 nitrogen and oxygen atoms in total. The van der Waals surface area contributed by atoms with Crippen LogP contribution in [0.5, 0.6) is 0 Å². The van der Waals surface area contributed by atoms with Crippen molar-refractivity contribution in [3.8, 4) is 11.4 Å². The number of imidazole rings is 1. The van der Waals surface area contributed by atoms with Crippen LogP contribution in [0.1, 0.15) is 45.3 Å². The zero-order chi connectivity index (χ0) is 22.9. The van der Waals surface area contributed by atoms with Gasteiger partial charge in [0.15, 0.2) is 5.52 Å². The van der Waals surface area contributed by atoms with Gasteiger partial charge < -0.3 is 9.45 Å². The zero-order valence-electron chi connectivity index (χ0n) is 18.8. The van der Waals surface area contributed by atoms with Gasteiger partial charge >= 0.3 is 0 Å². The number of aryl methyl sites for hydroxylation is 2. The molecule has 0 aliphatic carbocycles. The highest BCUT2D eigenvalue weighted by Crippen LogP contribution is 2.27. The maximum absolute atomic E-state index is 12.2. The van der Waals surface area contributed by atoms with E-state index in [0.717, 1.165) is 17.8 Å². The summed E-state index contributed by atoms with van der Waals surface area (Å²) in [5, 5.41) is 4.46. The average molecular weight is 448 g/mol. The van der Waals surface area contributed by atoms with Gasteiger partial charge in [-0.1, -0.05) is 6.92 Å². The lowest BCUT2D eigenvalue weighted by Gasteiger charge is -2.19. The van der Waals surface area contributed by atoms with E-state index in [0.29, 0.717) is 36.4 Å². The summed E-state index contributed by atoms with van der Waals surface area (Å²) in [7, 11) is 3.57. The summed E-state index contributed by atoms with van der Waals surface area (Å²) >= 11 is -2.52. The number of carbonyl (C=O) groups excluding carboxylic acids is 1. The van der Waals surface area contributed by atoms with E-state index >= 15 is 0 Å². The molecule has 3 heterocycles. The number of carbonyl (C=O) groups is 1. The number of nitrogens with zero attached hydrogens (tertiary/aromatic N) is 7. The monoisotopic (exact) mass is 447 g/mol. The summed E-state index contributed by atoms with van der Waals surface area (Å²) in [6.07, 6.45) is 4.30. The van der Waals surface area contributed by atoms with E-state index < -0.39 is 11.1 Å². The van der Waals surface area contributed by atoms with Crippen LogP contribution in [-0.2, 0) is 29.5 Å². The van der Waals surface area contributed by atoms with Crippen LogP contribution in [-0.4, -0.2) is 57.5 Å². The molecule has 2 unspecified atom stereocenters. The lowest BCUT2D eigenvalue weighted by atomic mass is 10.2. The zero-order valence-corrected chi connectivity index (χ0v) is 19.6. The smallest absolute Gasteiger partial charge is 0.290 e. The fourth-order valence-electron chi connectivity index (χ4n) is 3.69. The van der Waals surface area contributed by atoms with Gasteiger partial charge in [0, 0.05) is 56.8 Å². The molecule has 0 spiro atoms. The highest BCUT2D eigenvalue weighted by molar-refractivity contribution is 7.79. The van der Waals surface area contributed by atoms with Gasteiger partial charge in [-0.05, 0) is 25.8 Å². The molecular weight excluding hydrogens is 418 g/mol. The van der Waals surface area contributed by atoms with E-state index in [4.69, 9.17) is 0 Å². The van der Waals surface area contributed by atoms with E-state index in [1.54, 1.807) is 27.3 Å². The van der Waals surface area contributed by atoms with Gasteiger partial charge in [0.25, 0.3) is 12.0 Å². The molecule has 0 bridgehead atoms. The Hall–Kier alpha value is -2.66. The third-order valence-corrected chi connectivity index (χ3v) is 6.41. The van der Waals surface area contributed by atoms with Crippen LogP contribution in [0.4, 0.5) is 0 Å². The van der Waals surface area contributed by atoms with Crippen molar-refractivity contribution in [3.63, 3.8) is 0 Å². The predicted octanol–water partition coefficient (Wildman–Crippen LogP) is 1.51. The molecule has 0 aliphatic rings. The van der Waals surface area contributed by atoms with Gasteiger partial charge in [0.05, 0.1) is 11.8 Å². The fourth-order valence-corrected chi connectivity index (χ4v) is 4.39. The molecule has 0 aromatic carbocycles. The third kappa shape index (κ3) is 4.24. The molecule has 0 radical (unpaired) electrons. The number of amides is 1. The first-order valence-corrected chi connectivity index (χ1v) is 11.4. The first kappa shape index (κ1) is 23.0. The second-order valence-electron chi connectivity index (χ2n) is 7.62. The Bertz CT molecular complexity index is 1140. The number of hydrogen-bond donors (Lipinski definition) is 0. The molecule has 168 valence electrons. The number of aromatic nitrogens is 6. The maximum Gasteiger partial charge on any atom is 0.290 e. The molecule has 3 aromatic rings. The molecule has 3 aromatic heterocycles. The van der Waals surface area contributed by atoms with Crippen molar-refractivity contribution in [2.24, 2.45) is 7.05 Å². The Kier molecular flexibility index (Phi) is 6.85. The largest absolute Gasteiger partial charge is 0.766 e. The Morgan fingerprint density at radius 1 is 1.39 bits per heavy atom. The first-order chi connectivity index (χ1) is 14.7. The van der Waals surface area contributed by atoms with Crippen LogP contribution >= 0.6 is 0 Å². The minimum absolute atomic E-state index is 0.0516. The van der Waals surface area contributed by atoms with Gasteiger partial charge in [-0.25, -0.2) is 9.55 Å². The molecule has 31 heavy (non-hydrogen) atoms. The van der Waals surface area contributed by atoms with Crippen LogP contribution in [0.15, 0.2) is 17.6 Å². The second-order valence-corrected chi connectivity index (χ2v) is 8.48. The topological polar surface area (TPSA) is 113 Å². The lowest BCUT2D eigenvalue weighted by molar-refractivity contribution is -0.756. The van der Waals surface area contributed by atoms with Gasteiger partial charge in [0.2, 0.25) is 10.9 Å². The Balaban J connectivity index is 2.05. The minimum atomic E-state index is -2.52. The number of fused-ring (bicyclic) bond motifs is 1. The number of hydrogen-bond acceptors (Lipinski definition) is 6. The quantitative estimate of drug-likeness (QED) is 0.294. The summed E-state index contributed by atoms with van der Waals surface area (Å²) in [6.45, 7) is 8.95. The van der Waals surface area contributed by atoms with Crippen LogP contribution in [0.3, 0.4) is 0 Å². The van der Waals surface area contributed by atoms with Gasteiger partial charge in [0.1, 0.15) is 11.9 Å². The summed E-state index contributed by atoms with van der Waals surface area (Å²) in [4.78, 5) is 22.7. The van der Waals surface area contributed by atoms with E-state index in [-0.39, 0.29) is 17.0 Å². The van der Waals surface area contributed by atoms with Crippen molar-refractivity contribution >= 4 is 28.2 Å². The van der Waals surface area contributed by atoms with Gasteiger partial charge in [-0.3, -0.25) is 18.3 Å². The van der Waals surface area contributed by atoms with Crippen LogP contribution in [0, 0.1) is 6.92 Å². The molecule has 0 fully saturated rings. The standard InChI is InChI=1S/C20H29N7O3S/c1-7-16(28)24(5)10-9-13(3)26-12-21-19-17(20(26)31(29)30)23-18(25(19)6)15-11-22-27(8-2)14(15)4/h11-13H,7-10H2,1-6H3. The Morgan fingerprint density at radius 3 is 2.68 bits per heavy atom. The SMILES string of the molecule is CCC(=O)N(C)CCC(C)[n+]1cnc2c(nc(-c3cnn(CC)c3C)n2C)c1S(=O)[O-]. The third-order valence-electron chi connectivity index (χ3n) is 5.69. The van der Waals surface area contributed by atoms with Gasteiger partial charge in [-0.15, -0.1) is 0 Å². The first-order valence-electron chi connectivity index (χ1n) is 10.3. The normalized spacial score (nSPS) is 13.5. The van der Waals surface area contributed by atoms with Crippen LogP contribution in [0.25, 0.3) is 22.6 Å². The minimum Gasteiger partial charge on any atom is -0.766 e. The Labute approximate surface area is 184 Å². The van der Waals surface area contributed by atoms with Crippen molar-refractivity contribution in [1.29, 1.82) is 0 Å². The highest BCUT2D eigenvalue weighted by atomic mass is 32.2. The summed E-state index contributed by atoms with van der Waals surface area (Å²) in [5.74, 6) is 0.667. The van der Waals surface area contributed by atoms with E-state index in [1.165, 1.54) is 6.33 Å². The summed E-state index contributed by atoms with van der Waals surface area (Å²) < 4.78 is 29.7. The van der Waals surface area contributed by atoms with E-state index in [2.05, 4.69) is 15.1 Å². The number of rotatable bonds is 8. The van der Waals surface area contributed by atoms with Crippen molar-refractivity contribution in [3.05, 3.63) is 18.2 Å². The molecule has 2 atom stereocenters. The lowest BCUT2D eigenvalue weighted by Crippen LogP contribution is -2.44. The van der Waals surface area contributed by atoms with E-state index in [9.17, 15) is 13.6 Å². The van der Waals surface area contributed by atoms with Crippen molar-refractivity contribution < 1.29 is 18.1 Å². The van der Waals surface area contributed by atoms with E-state index in [1.807, 2.05) is 39.4 Å². The highest BCUT2D eigenvalue weighted by Gasteiger charge is 2.27. The second kappa shape index (κ2) is 9.23. The van der Waals surface area contributed by atoms with Crippen molar-refractivity contribution in [2.45, 2.75) is 58.1 Å². The molecular formula is C20H29N7O3S. The molecule has 0 aliphatic heterocycles. The predicted molar refractivity (Wildman–Crippen MR) is 115 cm³/mol. The van der Waals surface area contributed by atoms with Crippen molar-refractivity contribution in [2.75, 3.05) is 13.6 Å². The van der Waals surface area contributed by atoms with Crippen molar-refractivity contribution in [1.82, 2.24) is 29.2 Å². The van der Waals surface area contributed by atoms with Crippen LogP contribution in [0.2, 0.25) is 0 Å². The average Bonchev–Trinajstić information content (AvgIpc) is 3.29. The molecule has 1 amide bonds. The fraction of sp³-hybridized carbons (Fsp3) is 0.550. The molecule has 11 heteroatoms. The molecule has 3 rings (SSSR count). The summed E-state index contributed by atoms with van der Waals surface area (Å²) in [5.41, 5.74) is 2.60. The van der Waals surface area contributed by atoms with Crippen LogP contribution < -0.4 is 4.57 Å². The maximum atomic E-state index is 12.2. The van der Waals surface area contributed by atoms with Gasteiger partial charge in [-0.2, -0.15) is 5.10 Å².